The molecule has 0 spiro atoms. The standard InChI is InChI=1S/C29H35N3O4/c33-27(31-15-4-1-5-16-31)21-30-17-19-32(20-18-30)28(34)23-11-13-24(14-12-23)36-29(35)26-10-6-8-22-7-2-3-9-25(22)26/h2-3,7,9,11-14,26H,1,4-6,8,10,15-21H2. The first-order chi connectivity index (χ1) is 17.6. The summed E-state index contributed by atoms with van der Waals surface area (Å²) < 4.78 is 5.69. The largest absolute Gasteiger partial charge is 0.426 e. The van der Waals surface area contributed by atoms with Crippen LogP contribution < -0.4 is 4.74 Å². The molecule has 7 nitrogen and oxygen atoms in total. The number of hydrogen-bond donors (Lipinski definition) is 0. The molecule has 0 bridgehead atoms. The number of benzene rings is 2. The van der Waals surface area contributed by atoms with Crippen LogP contribution in [0.4, 0.5) is 0 Å². The topological polar surface area (TPSA) is 70.2 Å². The Morgan fingerprint density at radius 2 is 1.50 bits per heavy atom. The quantitative estimate of drug-likeness (QED) is 0.475. The maximum atomic E-state index is 13.0. The molecule has 0 saturated carbocycles. The average molecular weight is 490 g/mol. The summed E-state index contributed by atoms with van der Waals surface area (Å²) in [6.07, 6.45) is 6.18. The molecule has 3 aliphatic rings. The molecule has 2 saturated heterocycles. The molecule has 2 heterocycles. The lowest BCUT2D eigenvalue weighted by Crippen LogP contribution is -2.52. The summed E-state index contributed by atoms with van der Waals surface area (Å²) in [5.41, 5.74) is 2.87. The molecule has 0 aromatic heterocycles. The van der Waals surface area contributed by atoms with E-state index in [2.05, 4.69) is 11.0 Å². The zero-order valence-corrected chi connectivity index (χ0v) is 20.9. The first-order valence-corrected chi connectivity index (χ1v) is 13.3. The second kappa shape index (κ2) is 11.2. The molecule has 190 valence electrons. The van der Waals surface area contributed by atoms with Crippen molar-refractivity contribution < 1.29 is 19.1 Å². The predicted octanol–water partition coefficient (Wildman–Crippen LogP) is 3.48. The third-order valence-corrected chi connectivity index (χ3v) is 7.70. The Bertz CT molecular complexity index is 1090. The maximum Gasteiger partial charge on any atom is 0.318 e. The van der Waals surface area contributed by atoms with Gasteiger partial charge in [0.25, 0.3) is 5.91 Å². The van der Waals surface area contributed by atoms with E-state index in [9.17, 15) is 14.4 Å². The number of ether oxygens (including phenoxy) is 1. The van der Waals surface area contributed by atoms with Gasteiger partial charge in [0.05, 0.1) is 12.5 Å². The Kier molecular flexibility index (Phi) is 7.66. The van der Waals surface area contributed by atoms with Crippen molar-refractivity contribution in [3.63, 3.8) is 0 Å². The number of likely N-dealkylation sites (tertiary alicyclic amines) is 1. The molecule has 36 heavy (non-hydrogen) atoms. The second-order valence-corrected chi connectivity index (χ2v) is 10.1. The Labute approximate surface area is 213 Å². The molecule has 2 aliphatic heterocycles. The van der Waals surface area contributed by atoms with Crippen molar-refractivity contribution in [1.82, 2.24) is 14.7 Å². The fourth-order valence-corrected chi connectivity index (χ4v) is 5.58. The van der Waals surface area contributed by atoms with E-state index in [-0.39, 0.29) is 23.7 Å². The van der Waals surface area contributed by atoms with Crippen LogP contribution in [0.15, 0.2) is 48.5 Å². The molecule has 5 rings (SSSR count). The van der Waals surface area contributed by atoms with Crippen molar-refractivity contribution in [2.75, 3.05) is 45.8 Å². The predicted molar refractivity (Wildman–Crippen MR) is 137 cm³/mol. The normalized spacial score (nSPS) is 20.5. The zero-order valence-electron chi connectivity index (χ0n) is 20.9. The van der Waals surface area contributed by atoms with Gasteiger partial charge in [0.2, 0.25) is 5.91 Å². The molecule has 2 aromatic rings. The maximum absolute atomic E-state index is 13.0. The Hall–Kier alpha value is -3.19. The number of hydrogen-bond acceptors (Lipinski definition) is 5. The number of piperidine rings is 1. The van der Waals surface area contributed by atoms with Crippen LogP contribution in [-0.4, -0.2) is 78.3 Å². The van der Waals surface area contributed by atoms with Crippen LogP contribution in [0.3, 0.4) is 0 Å². The van der Waals surface area contributed by atoms with Gasteiger partial charge in [-0.1, -0.05) is 24.3 Å². The van der Waals surface area contributed by atoms with Gasteiger partial charge in [-0.05, 0) is 73.9 Å². The highest BCUT2D eigenvalue weighted by molar-refractivity contribution is 5.94. The van der Waals surface area contributed by atoms with Crippen LogP contribution in [0.25, 0.3) is 0 Å². The lowest BCUT2D eigenvalue weighted by Gasteiger charge is -2.36. The van der Waals surface area contributed by atoms with E-state index in [1.807, 2.05) is 28.0 Å². The van der Waals surface area contributed by atoms with Crippen molar-refractivity contribution in [2.45, 2.75) is 44.4 Å². The van der Waals surface area contributed by atoms with Gasteiger partial charge in [-0.25, -0.2) is 0 Å². The van der Waals surface area contributed by atoms with Gasteiger partial charge in [-0.2, -0.15) is 0 Å². The van der Waals surface area contributed by atoms with E-state index in [4.69, 9.17) is 4.74 Å². The van der Waals surface area contributed by atoms with Crippen LogP contribution in [-0.2, 0) is 16.0 Å². The van der Waals surface area contributed by atoms with Crippen molar-refractivity contribution in [3.8, 4) is 5.75 Å². The molecule has 2 aromatic carbocycles. The van der Waals surface area contributed by atoms with Crippen LogP contribution in [0.1, 0.15) is 59.5 Å². The van der Waals surface area contributed by atoms with Crippen LogP contribution in [0.2, 0.25) is 0 Å². The third-order valence-electron chi connectivity index (χ3n) is 7.70. The minimum absolute atomic E-state index is 0.0314. The minimum Gasteiger partial charge on any atom is -0.426 e. The molecule has 1 atom stereocenters. The summed E-state index contributed by atoms with van der Waals surface area (Å²) >= 11 is 0. The van der Waals surface area contributed by atoms with Gasteiger partial charge in [0.15, 0.2) is 0 Å². The first kappa shape index (κ1) is 24.5. The molecule has 0 N–H and O–H groups in total. The van der Waals surface area contributed by atoms with E-state index in [1.165, 1.54) is 12.0 Å². The summed E-state index contributed by atoms with van der Waals surface area (Å²) in [5.74, 6) is 0.152. The Morgan fingerprint density at radius 3 is 2.25 bits per heavy atom. The van der Waals surface area contributed by atoms with Gasteiger partial charge < -0.3 is 14.5 Å². The van der Waals surface area contributed by atoms with Crippen molar-refractivity contribution >= 4 is 17.8 Å². The fraction of sp³-hybridized carbons (Fsp3) is 0.483. The number of nitrogens with zero attached hydrogens (tertiary/aromatic N) is 3. The van der Waals surface area contributed by atoms with E-state index in [0.29, 0.717) is 44.0 Å². The summed E-state index contributed by atoms with van der Waals surface area (Å²) in [6, 6.07) is 14.9. The third kappa shape index (κ3) is 5.62. The van der Waals surface area contributed by atoms with Gasteiger partial charge in [0, 0.05) is 44.8 Å². The van der Waals surface area contributed by atoms with E-state index in [0.717, 1.165) is 50.8 Å². The molecule has 0 radical (unpaired) electrons. The smallest absolute Gasteiger partial charge is 0.318 e. The minimum atomic E-state index is -0.241. The van der Waals surface area contributed by atoms with Crippen molar-refractivity contribution in [1.29, 1.82) is 0 Å². The SMILES string of the molecule is O=C(Oc1ccc(C(=O)N2CCN(CC(=O)N3CCCCC3)CC2)cc1)C1CCCc2ccccc21. The molecule has 2 amide bonds. The monoisotopic (exact) mass is 489 g/mol. The van der Waals surface area contributed by atoms with E-state index >= 15 is 0 Å². The number of rotatable bonds is 5. The van der Waals surface area contributed by atoms with Gasteiger partial charge in [0.1, 0.15) is 5.75 Å². The number of carbonyl (C=O) groups excluding carboxylic acids is 3. The van der Waals surface area contributed by atoms with Crippen molar-refractivity contribution in [2.24, 2.45) is 0 Å². The number of piperazine rings is 1. The molecular formula is C29H35N3O4. The summed E-state index contributed by atoms with van der Waals surface area (Å²) in [5, 5.41) is 0. The number of carbonyl (C=O) groups is 3. The van der Waals surface area contributed by atoms with Gasteiger partial charge >= 0.3 is 5.97 Å². The number of fused-ring (bicyclic) bond motifs is 1. The van der Waals surface area contributed by atoms with E-state index < -0.39 is 0 Å². The Morgan fingerprint density at radius 1 is 0.778 bits per heavy atom. The molecular weight excluding hydrogens is 454 g/mol. The highest BCUT2D eigenvalue weighted by atomic mass is 16.5. The summed E-state index contributed by atoms with van der Waals surface area (Å²) in [6.45, 7) is 4.78. The molecule has 1 unspecified atom stereocenters. The van der Waals surface area contributed by atoms with Crippen molar-refractivity contribution in [3.05, 3.63) is 65.2 Å². The lowest BCUT2D eigenvalue weighted by molar-refractivity contribution is -0.136. The average Bonchev–Trinajstić information content (AvgIpc) is 2.93. The van der Waals surface area contributed by atoms with Crippen LogP contribution in [0.5, 0.6) is 5.75 Å². The Balaban J connectivity index is 1.12. The van der Waals surface area contributed by atoms with Crippen LogP contribution in [0, 0.1) is 0 Å². The number of aryl methyl sites for hydroxylation is 1. The number of amides is 2. The zero-order chi connectivity index (χ0) is 24.9. The summed E-state index contributed by atoms with van der Waals surface area (Å²) in [7, 11) is 0. The first-order valence-electron chi connectivity index (χ1n) is 13.3. The molecule has 1 aliphatic carbocycles. The lowest BCUT2D eigenvalue weighted by atomic mass is 9.83. The summed E-state index contributed by atoms with van der Waals surface area (Å²) in [4.78, 5) is 44.4. The van der Waals surface area contributed by atoms with Gasteiger partial charge in [-0.3, -0.25) is 19.3 Å². The fourth-order valence-electron chi connectivity index (χ4n) is 5.58. The molecule has 2 fully saturated rings. The van der Waals surface area contributed by atoms with Crippen LogP contribution >= 0.6 is 0 Å². The highest BCUT2D eigenvalue weighted by Crippen LogP contribution is 2.32. The second-order valence-electron chi connectivity index (χ2n) is 10.1. The number of esters is 1. The highest BCUT2D eigenvalue weighted by Gasteiger charge is 2.28. The molecule has 7 heteroatoms. The van der Waals surface area contributed by atoms with Gasteiger partial charge in [-0.15, -0.1) is 0 Å². The van der Waals surface area contributed by atoms with E-state index in [1.54, 1.807) is 24.3 Å².